The van der Waals surface area contributed by atoms with Crippen molar-refractivity contribution in [1.29, 1.82) is 0 Å². The highest BCUT2D eigenvalue weighted by atomic mass is 16.5. The molecule has 0 radical (unpaired) electrons. The molecule has 2 amide bonds. The smallest absolute Gasteiger partial charge is 0.255 e. The fourth-order valence-corrected chi connectivity index (χ4v) is 4.13. The van der Waals surface area contributed by atoms with E-state index in [1.54, 1.807) is 31.5 Å². The molecule has 2 aromatic rings. The summed E-state index contributed by atoms with van der Waals surface area (Å²) >= 11 is 0. The zero-order valence-electron chi connectivity index (χ0n) is 16.1. The van der Waals surface area contributed by atoms with Crippen molar-refractivity contribution in [3.8, 4) is 5.75 Å². The normalized spacial score (nSPS) is 22.0. The molecule has 1 fully saturated rings. The molecule has 1 unspecified atom stereocenters. The van der Waals surface area contributed by atoms with Crippen LogP contribution in [-0.4, -0.2) is 51.8 Å². The van der Waals surface area contributed by atoms with E-state index < -0.39 is 5.60 Å². The Hall–Kier alpha value is -2.89. The molecule has 6 heteroatoms. The topological polar surface area (TPSA) is 62.7 Å². The van der Waals surface area contributed by atoms with Gasteiger partial charge in [0.2, 0.25) is 5.91 Å². The van der Waals surface area contributed by atoms with Gasteiger partial charge in [-0.05, 0) is 31.0 Å². The van der Waals surface area contributed by atoms with E-state index in [4.69, 9.17) is 4.74 Å². The van der Waals surface area contributed by atoms with Crippen molar-refractivity contribution in [3.05, 3.63) is 59.9 Å². The maximum Gasteiger partial charge on any atom is 0.255 e. The quantitative estimate of drug-likeness (QED) is 0.764. The summed E-state index contributed by atoms with van der Waals surface area (Å²) in [6.07, 6.45) is 5.61. The highest BCUT2D eigenvalue weighted by Gasteiger charge is 2.40. The molecule has 1 spiro atoms. The van der Waals surface area contributed by atoms with E-state index in [-0.39, 0.29) is 11.8 Å². The van der Waals surface area contributed by atoms with Crippen molar-refractivity contribution in [1.82, 2.24) is 14.8 Å². The van der Waals surface area contributed by atoms with Crippen LogP contribution in [0.3, 0.4) is 0 Å². The van der Waals surface area contributed by atoms with E-state index in [0.29, 0.717) is 38.2 Å². The number of pyridine rings is 1. The van der Waals surface area contributed by atoms with Crippen LogP contribution in [0.5, 0.6) is 5.75 Å². The number of rotatable bonds is 1. The van der Waals surface area contributed by atoms with E-state index in [0.717, 1.165) is 24.2 Å². The zero-order chi connectivity index (χ0) is 19.6. The number of likely N-dealkylation sites (tertiary alicyclic amines) is 1. The monoisotopic (exact) mass is 379 g/mol. The zero-order valence-corrected chi connectivity index (χ0v) is 16.1. The fraction of sp³-hybridized carbons (Fsp3) is 0.409. The third-order valence-corrected chi connectivity index (χ3v) is 5.68. The minimum atomic E-state index is -0.470. The number of aromatic nitrogens is 1. The Bertz CT molecular complexity index is 870. The Morgan fingerprint density at radius 2 is 1.93 bits per heavy atom. The van der Waals surface area contributed by atoms with E-state index >= 15 is 0 Å². The van der Waals surface area contributed by atoms with Gasteiger partial charge in [0.15, 0.2) is 0 Å². The van der Waals surface area contributed by atoms with Crippen molar-refractivity contribution in [2.24, 2.45) is 0 Å². The highest BCUT2D eigenvalue weighted by molar-refractivity contribution is 5.93. The van der Waals surface area contributed by atoms with E-state index in [2.05, 4.69) is 4.98 Å². The first-order valence-electron chi connectivity index (χ1n) is 9.78. The van der Waals surface area contributed by atoms with Crippen molar-refractivity contribution in [3.63, 3.8) is 0 Å². The molecular weight excluding hydrogens is 354 g/mol. The predicted octanol–water partition coefficient (Wildman–Crippen LogP) is 2.89. The number of para-hydroxylation sites is 1. The van der Waals surface area contributed by atoms with Crippen LogP contribution in [0.1, 0.15) is 42.1 Å². The van der Waals surface area contributed by atoms with Gasteiger partial charge in [-0.1, -0.05) is 18.2 Å². The highest BCUT2D eigenvalue weighted by Crippen LogP contribution is 2.35. The van der Waals surface area contributed by atoms with Crippen LogP contribution in [0.2, 0.25) is 0 Å². The first-order valence-corrected chi connectivity index (χ1v) is 9.78. The second-order valence-corrected chi connectivity index (χ2v) is 7.66. The van der Waals surface area contributed by atoms with Crippen molar-refractivity contribution in [2.75, 3.05) is 19.6 Å². The lowest BCUT2D eigenvalue weighted by atomic mass is 9.93. The second-order valence-electron chi connectivity index (χ2n) is 7.66. The minimum absolute atomic E-state index is 0.00240. The number of carbonyl (C=O) groups is 2. The standard InChI is InChI=1S/C22H25N3O3/c1-17(26)25-15-19-6-2-3-8-20(19)28-22(16-25)9-5-12-24(13-10-22)21(27)18-7-4-11-23-14-18/h2-4,6-8,11,14H,5,9-10,12-13,15-16H2,1H3. The molecule has 1 aromatic heterocycles. The number of hydrogen-bond donors (Lipinski definition) is 0. The molecule has 146 valence electrons. The lowest BCUT2D eigenvalue weighted by Gasteiger charge is -2.35. The van der Waals surface area contributed by atoms with Gasteiger partial charge in [0, 0.05) is 50.9 Å². The Morgan fingerprint density at radius 3 is 2.71 bits per heavy atom. The SMILES string of the molecule is CC(=O)N1Cc2ccccc2OC2(CCCN(C(=O)c3cccnc3)CC2)C1. The largest absolute Gasteiger partial charge is 0.485 e. The molecule has 1 saturated heterocycles. The van der Waals surface area contributed by atoms with Crippen LogP contribution < -0.4 is 4.74 Å². The first kappa shape index (κ1) is 18.5. The summed E-state index contributed by atoms with van der Waals surface area (Å²) < 4.78 is 6.54. The first-order chi connectivity index (χ1) is 13.6. The van der Waals surface area contributed by atoms with Crippen molar-refractivity contribution >= 4 is 11.8 Å². The minimum Gasteiger partial charge on any atom is -0.485 e. The number of hydrogen-bond acceptors (Lipinski definition) is 4. The molecule has 0 N–H and O–H groups in total. The van der Waals surface area contributed by atoms with Crippen LogP contribution in [0.25, 0.3) is 0 Å². The van der Waals surface area contributed by atoms with E-state index in [1.807, 2.05) is 34.1 Å². The number of ether oxygens (including phenoxy) is 1. The molecule has 0 aliphatic carbocycles. The number of fused-ring (bicyclic) bond motifs is 1. The Labute approximate surface area is 165 Å². The average molecular weight is 379 g/mol. The molecule has 4 rings (SSSR count). The Kier molecular flexibility index (Phi) is 5.03. The summed E-state index contributed by atoms with van der Waals surface area (Å²) in [6, 6.07) is 11.5. The molecule has 2 aliphatic heterocycles. The molecule has 0 saturated carbocycles. The van der Waals surface area contributed by atoms with Gasteiger partial charge < -0.3 is 14.5 Å². The van der Waals surface area contributed by atoms with Gasteiger partial charge in [0.25, 0.3) is 5.91 Å². The van der Waals surface area contributed by atoms with Crippen LogP contribution in [0, 0.1) is 0 Å². The summed E-state index contributed by atoms with van der Waals surface area (Å²) in [5.41, 5.74) is 1.17. The number of benzene rings is 1. The summed E-state index contributed by atoms with van der Waals surface area (Å²) in [7, 11) is 0. The molecule has 1 aromatic carbocycles. The van der Waals surface area contributed by atoms with Gasteiger partial charge in [0.05, 0.1) is 12.1 Å². The molecule has 1 atom stereocenters. The lowest BCUT2D eigenvalue weighted by Crippen LogP contribution is -2.47. The third kappa shape index (κ3) is 3.72. The lowest BCUT2D eigenvalue weighted by molar-refractivity contribution is -0.132. The van der Waals surface area contributed by atoms with Crippen LogP contribution in [0.4, 0.5) is 0 Å². The van der Waals surface area contributed by atoms with Crippen molar-refractivity contribution in [2.45, 2.75) is 38.3 Å². The van der Waals surface area contributed by atoms with Gasteiger partial charge >= 0.3 is 0 Å². The Morgan fingerprint density at radius 1 is 1.07 bits per heavy atom. The maximum atomic E-state index is 12.8. The average Bonchev–Trinajstić information content (AvgIpc) is 3.01. The van der Waals surface area contributed by atoms with Crippen LogP contribution in [-0.2, 0) is 11.3 Å². The second kappa shape index (κ2) is 7.62. The van der Waals surface area contributed by atoms with E-state index in [1.165, 1.54) is 0 Å². The number of amides is 2. The Balaban J connectivity index is 1.57. The van der Waals surface area contributed by atoms with Crippen LogP contribution in [0.15, 0.2) is 48.8 Å². The molecule has 2 aliphatic rings. The molecule has 6 nitrogen and oxygen atoms in total. The third-order valence-electron chi connectivity index (χ3n) is 5.68. The number of nitrogens with zero attached hydrogens (tertiary/aromatic N) is 3. The van der Waals surface area contributed by atoms with Gasteiger partial charge in [-0.25, -0.2) is 0 Å². The molecular formula is C22H25N3O3. The maximum absolute atomic E-state index is 12.8. The number of carbonyl (C=O) groups excluding carboxylic acids is 2. The molecule has 0 bridgehead atoms. The summed E-state index contributed by atoms with van der Waals surface area (Å²) in [5, 5.41) is 0. The predicted molar refractivity (Wildman–Crippen MR) is 105 cm³/mol. The van der Waals surface area contributed by atoms with Gasteiger partial charge in [-0.15, -0.1) is 0 Å². The molecule has 28 heavy (non-hydrogen) atoms. The fourth-order valence-electron chi connectivity index (χ4n) is 4.13. The van der Waals surface area contributed by atoms with Crippen molar-refractivity contribution < 1.29 is 14.3 Å². The summed E-state index contributed by atoms with van der Waals surface area (Å²) in [4.78, 5) is 32.9. The van der Waals surface area contributed by atoms with Crippen LogP contribution >= 0.6 is 0 Å². The molecule has 3 heterocycles. The van der Waals surface area contributed by atoms with E-state index in [9.17, 15) is 9.59 Å². The van der Waals surface area contributed by atoms with Gasteiger partial charge in [-0.2, -0.15) is 0 Å². The summed E-state index contributed by atoms with van der Waals surface area (Å²) in [6.45, 7) is 4.00. The summed E-state index contributed by atoms with van der Waals surface area (Å²) in [5.74, 6) is 0.896. The van der Waals surface area contributed by atoms with Gasteiger partial charge in [-0.3, -0.25) is 14.6 Å². The van der Waals surface area contributed by atoms with Gasteiger partial charge in [0.1, 0.15) is 11.4 Å².